The molecule has 0 spiro atoms. The van der Waals surface area contributed by atoms with Gasteiger partial charge in [-0.1, -0.05) is 33.6 Å². The third kappa shape index (κ3) is 3.69. The third-order valence-electron chi connectivity index (χ3n) is 3.05. The van der Waals surface area contributed by atoms with Crippen LogP contribution in [0.3, 0.4) is 0 Å². The normalized spacial score (nSPS) is 16.4. The second-order valence-corrected chi connectivity index (χ2v) is 6.93. The summed E-state index contributed by atoms with van der Waals surface area (Å²) in [6.45, 7) is 9.58. The minimum absolute atomic E-state index is 0.0249. The summed E-state index contributed by atoms with van der Waals surface area (Å²) in [4.78, 5) is 4.68. The highest BCUT2D eigenvalue weighted by molar-refractivity contribution is 9.10. The fraction of sp³-hybridized carbons (Fsp3) is 0.438. The van der Waals surface area contributed by atoms with Crippen LogP contribution < -0.4 is 5.32 Å². The number of benzene rings is 1. The number of hydrogen-bond acceptors (Lipinski definition) is 2. The number of halogens is 1. The molecule has 0 unspecified atom stereocenters. The zero-order chi connectivity index (χ0) is 14.0. The van der Waals surface area contributed by atoms with Gasteiger partial charge in [0.1, 0.15) is 5.84 Å². The lowest BCUT2D eigenvalue weighted by molar-refractivity contribution is 0.511. The molecule has 19 heavy (non-hydrogen) atoms. The van der Waals surface area contributed by atoms with Gasteiger partial charge in [0.25, 0.3) is 0 Å². The molecule has 1 heterocycles. The molecule has 2 nitrogen and oxygen atoms in total. The predicted molar refractivity (Wildman–Crippen MR) is 86.5 cm³/mol. The van der Waals surface area contributed by atoms with Gasteiger partial charge in [0, 0.05) is 22.1 Å². The molecule has 0 fully saturated rings. The Kier molecular flexibility index (Phi) is 4.14. The van der Waals surface area contributed by atoms with Crippen molar-refractivity contribution in [3.8, 4) is 0 Å². The van der Waals surface area contributed by atoms with Crippen LogP contribution in [0, 0.1) is 0 Å². The fourth-order valence-corrected chi connectivity index (χ4v) is 2.46. The first-order valence-electron chi connectivity index (χ1n) is 6.65. The summed E-state index contributed by atoms with van der Waals surface area (Å²) in [5.74, 6) is 1.03. The molecular weight excluding hydrogens is 300 g/mol. The molecule has 1 aliphatic rings. The summed E-state index contributed by atoms with van der Waals surface area (Å²) in [5, 5.41) is 3.53. The van der Waals surface area contributed by atoms with Crippen molar-refractivity contribution >= 4 is 27.3 Å². The molecule has 0 aliphatic carbocycles. The standard InChI is InChI=1S/C16H21BrN2/c1-11-9-10-18-15(19-16(2,3)4)14(11)12-5-7-13(17)8-6-12/h5-8H,9-10H2,1-4H3,(H,18,19). The quantitative estimate of drug-likeness (QED) is 0.814. The SMILES string of the molecule is CC1=C(c2ccc(Br)cc2)C(NC(C)(C)C)=NCC1. The second-order valence-electron chi connectivity index (χ2n) is 6.02. The third-order valence-corrected chi connectivity index (χ3v) is 3.58. The first kappa shape index (κ1) is 14.3. The van der Waals surface area contributed by atoms with Crippen molar-refractivity contribution in [2.24, 2.45) is 4.99 Å². The summed E-state index contributed by atoms with van der Waals surface area (Å²) < 4.78 is 1.10. The lowest BCUT2D eigenvalue weighted by atomic mass is 9.94. The molecule has 1 aromatic carbocycles. The number of hydrogen-bond donors (Lipinski definition) is 1. The lowest BCUT2D eigenvalue weighted by Gasteiger charge is -2.28. The van der Waals surface area contributed by atoms with Crippen LogP contribution in [-0.4, -0.2) is 17.9 Å². The van der Waals surface area contributed by atoms with Gasteiger partial charge >= 0.3 is 0 Å². The van der Waals surface area contributed by atoms with Gasteiger partial charge in [-0.15, -0.1) is 0 Å². The van der Waals surface area contributed by atoms with Gasteiger partial charge in [0.15, 0.2) is 0 Å². The average Bonchev–Trinajstić information content (AvgIpc) is 2.29. The molecule has 0 bridgehead atoms. The highest BCUT2D eigenvalue weighted by Gasteiger charge is 2.21. The number of dihydropyridines is 1. The van der Waals surface area contributed by atoms with E-state index < -0.39 is 0 Å². The summed E-state index contributed by atoms with van der Waals surface area (Å²) in [7, 11) is 0. The zero-order valence-corrected chi connectivity index (χ0v) is 13.6. The van der Waals surface area contributed by atoms with Crippen LogP contribution in [0.15, 0.2) is 39.3 Å². The Morgan fingerprint density at radius 1 is 1.16 bits per heavy atom. The van der Waals surface area contributed by atoms with E-state index in [1.165, 1.54) is 16.7 Å². The Morgan fingerprint density at radius 3 is 2.37 bits per heavy atom. The van der Waals surface area contributed by atoms with E-state index in [1.54, 1.807) is 0 Å². The Bertz CT molecular complexity index is 519. The number of nitrogens with one attached hydrogen (secondary N) is 1. The maximum Gasteiger partial charge on any atom is 0.129 e. The largest absolute Gasteiger partial charge is 0.365 e. The van der Waals surface area contributed by atoms with Crippen molar-refractivity contribution in [2.45, 2.75) is 39.7 Å². The molecule has 1 N–H and O–H groups in total. The van der Waals surface area contributed by atoms with Crippen LogP contribution in [0.1, 0.15) is 39.7 Å². The summed E-state index contributed by atoms with van der Waals surface area (Å²) in [6.07, 6.45) is 1.04. The van der Waals surface area contributed by atoms with Crippen LogP contribution in [0.25, 0.3) is 5.57 Å². The predicted octanol–water partition coefficient (Wildman–Crippen LogP) is 4.41. The average molecular weight is 321 g/mol. The van der Waals surface area contributed by atoms with Gasteiger partial charge in [-0.3, -0.25) is 4.99 Å². The smallest absolute Gasteiger partial charge is 0.129 e. The lowest BCUT2D eigenvalue weighted by Crippen LogP contribution is -2.42. The maximum atomic E-state index is 4.68. The molecule has 0 saturated carbocycles. The number of rotatable bonds is 1. The van der Waals surface area contributed by atoms with E-state index >= 15 is 0 Å². The molecule has 1 aromatic rings. The molecule has 102 valence electrons. The molecule has 0 radical (unpaired) electrons. The van der Waals surface area contributed by atoms with E-state index in [0.29, 0.717) is 0 Å². The monoisotopic (exact) mass is 320 g/mol. The van der Waals surface area contributed by atoms with Gasteiger partial charge in [0.2, 0.25) is 0 Å². The van der Waals surface area contributed by atoms with E-state index in [9.17, 15) is 0 Å². The minimum Gasteiger partial charge on any atom is -0.365 e. The zero-order valence-electron chi connectivity index (χ0n) is 12.0. The van der Waals surface area contributed by atoms with Crippen molar-refractivity contribution in [3.05, 3.63) is 39.9 Å². The molecular formula is C16H21BrN2. The summed E-state index contributed by atoms with van der Waals surface area (Å²) in [5.41, 5.74) is 3.92. The molecule has 0 amide bonds. The van der Waals surface area contributed by atoms with Crippen LogP contribution in [-0.2, 0) is 0 Å². The van der Waals surface area contributed by atoms with Crippen LogP contribution in [0.5, 0.6) is 0 Å². The van der Waals surface area contributed by atoms with Gasteiger partial charge in [-0.25, -0.2) is 0 Å². The summed E-state index contributed by atoms with van der Waals surface area (Å²) in [6, 6.07) is 8.46. The van der Waals surface area contributed by atoms with Crippen LogP contribution in [0.4, 0.5) is 0 Å². The van der Waals surface area contributed by atoms with Crippen LogP contribution in [0.2, 0.25) is 0 Å². The van der Waals surface area contributed by atoms with Crippen LogP contribution >= 0.6 is 15.9 Å². The highest BCUT2D eigenvalue weighted by Crippen LogP contribution is 2.27. The topological polar surface area (TPSA) is 24.4 Å². The number of amidine groups is 1. The van der Waals surface area contributed by atoms with E-state index in [1.807, 2.05) is 0 Å². The van der Waals surface area contributed by atoms with E-state index in [4.69, 9.17) is 0 Å². The maximum absolute atomic E-state index is 4.68. The van der Waals surface area contributed by atoms with Crippen molar-refractivity contribution < 1.29 is 0 Å². The highest BCUT2D eigenvalue weighted by atomic mass is 79.9. The molecule has 0 aromatic heterocycles. The first-order chi connectivity index (χ1) is 8.87. The molecule has 2 rings (SSSR count). The van der Waals surface area contributed by atoms with Crippen molar-refractivity contribution in [1.29, 1.82) is 0 Å². The molecule has 1 aliphatic heterocycles. The van der Waals surface area contributed by atoms with E-state index in [2.05, 4.69) is 78.2 Å². The van der Waals surface area contributed by atoms with Gasteiger partial charge in [-0.05, 0) is 51.8 Å². The van der Waals surface area contributed by atoms with E-state index in [0.717, 1.165) is 23.3 Å². The Hall–Kier alpha value is -1.09. The van der Waals surface area contributed by atoms with Crippen molar-refractivity contribution in [2.75, 3.05) is 6.54 Å². The molecule has 3 heteroatoms. The van der Waals surface area contributed by atoms with Gasteiger partial charge < -0.3 is 5.32 Å². The Morgan fingerprint density at radius 2 is 1.79 bits per heavy atom. The number of aliphatic imine (C=N–C) groups is 1. The first-order valence-corrected chi connectivity index (χ1v) is 7.45. The molecule has 0 saturated heterocycles. The summed E-state index contributed by atoms with van der Waals surface area (Å²) >= 11 is 3.49. The Balaban J connectivity index is 2.39. The number of nitrogens with zero attached hydrogens (tertiary/aromatic N) is 1. The Labute approximate surface area is 124 Å². The van der Waals surface area contributed by atoms with E-state index in [-0.39, 0.29) is 5.54 Å². The fourth-order valence-electron chi connectivity index (χ4n) is 2.20. The van der Waals surface area contributed by atoms with Gasteiger partial charge in [-0.2, -0.15) is 0 Å². The molecule has 0 atom stereocenters. The van der Waals surface area contributed by atoms with Crippen molar-refractivity contribution in [1.82, 2.24) is 5.32 Å². The van der Waals surface area contributed by atoms with Gasteiger partial charge in [0.05, 0.1) is 0 Å². The van der Waals surface area contributed by atoms with Crippen molar-refractivity contribution in [3.63, 3.8) is 0 Å². The second kappa shape index (κ2) is 5.49. The minimum atomic E-state index is 0.0249.